The highest BCUT2D eigenvalue weighted by molar-refractivity contribution is 7.99. The van der Waals surface area contributed by atoms with Crippen molar-refractivity contribution in [3.63, 3.8) is 0 Å². The van der Waals surface area contributed by atoms with E-state index < -0.39 is 0 Å². The second kappa shape index (κ2) is 6.39. The first-order valence-electron chi connectivity index (χ1n) is 6.28. The second-order valence-electron chi connectivity index (χ2n) is 4.20. The number of hydrogen-bond acceptors (Lipinski definition) is 6. The molecule has 20 heavy (non-hydrogen) atoms. The van der Waals surface area contributed by atoms with Crippen LogP contribution in [0.25, 0.3) is 0 Å². The van der Waals surface area contributed by atoms with Gasteiger partial charge in [-0.2, -0.15) is 15.0 Å². The molecule has 2 heterocycles. The van der Waals surface area contributed by atoms with Gasteiger partial charge in [0.15, 0.2) is 5.16 Å². The van der Waals surface area contributed by atoms with E-state index in [2.05, 4.69) is 19.9 Å². The molecular weight excluding hydrogens is 296 g/mol. The summed E-state index contributed by atoms with van der Waals surface area (Å²) in [5, 5.41) is 0.831. The smallest absolute Gasteiger partial charge is 0.230 e. The summed E-state index contributed by atoms with van der Waals surface area (Å²) in [4.78, 5) is 16.0. The molecule has 1 aromatic carbocycles. The van der Waals surface area contributed by atoms with Gasteiger partial charge in [0, 0.05) is 18.0 Å². The highest BCUT2D eigenvalue weighted by Crippen LogP contribution is 2.26. The number of anilines is 1. The van der Waals surface area contributed by atoms with E-state index in [-0.39, 0.29) is 5.28 Å². The summed E-state index contributed by atoms with van der Waals surface area (Å²) in [5.74, 6) is 0.617. The molecule has 0 bridgehead atoms. The molecule has 1 aromatic heterocycles. The zero-order chi connectivity index (χ0) is 13.8. The fourth-order valence-corrected chi connectivity index (χ4v) is 2.84. The molecule has 104 valence electrons. The number of rotatable bonds is 3. The standard InChI is InChI=1S/C13H13ClN4OS/c14-11-15-12(18-6-8-19-9-7-18)17-13(16-11)20-10-4-2-1-3-5-10/h1-5H,6-9H2. The topological polar surface area (TPSA) is 51.1 Å². The van der Waals surface area contributed by atoms with Crippen molar-refractivity contribution < 1.29 is 4.74 Å². The zero-order valence-corrected chi connectivity index (χ0v) is 12.3. The number of aromatic nitrogens is 3. The number of hydrogen-bond donors (Lipinski definition) is 0. The molecular formula is C13H13ClN4OS. The number of nitrogens with zero attached hydrogens (tertiary/aromatic N) is 4. The monoisotopic (exact) mass is 308 g/mol. The van der Waals surface area contributed by atoms with Crippen LogP contribution in [0.5, 0.6) is 0 Å². The molecule has 0 atom stereocenters. The summed E-state index contributed by atoms with van der Waals surface area (Å²) in [6.45, 7) is 2.92. The number of morpholine rings is 1. The number of ether oxygens (including phenoxy) is 1. The molecule has 0 amide bonds. The van der Waals surface area contributed by atoms with Crippen molar-refractivity contribution in [1.82, 2.24) is 15.0 Å². The minimum atomic E-state index is 0.222. The fraction of sp³-hybridized carbons (Fsp3) is 0.308. The van der Waals surface area contributed by atoms with Crippen molar-refractivity contribution in [2.45, 2.75) is 10.1 Å². The lowest BCUT2D eigenvalue weighted by atomic mass is 10.4. The molecule has 0 aliphatic carbocycles. The molecule has 0 spiro atoms. The Morgan fingerprint density at radius 3 is 2.55 bits per heavy atom. The maximum absolute atomic E-state index is 6.00. The van der Waals surface area contributed by atoms with E-state index in [9.17, 15) is 0 Å². The van der Waals surface area contributed by atoms with E-state index in [0.29, 0.717) is 24.3 Å². The predicted octanol–water partition coefficient (Wildman–Crippen LogP) is 2.51. The SMILES string of the molecule is Clc1nc(Sc2ccccc2)nc(N2CCOCC2)n1. The third-order valence-electron chi connectivity index (χ3n) is 2.82. The van der Waals surface area contributed by atoms with E-state index in [0.717, 1.165) is 18.0 Å². The second-order valence-corrected chi connectivity index (χ2v) is 5.58. The van der Waals surface area contributed by atoms with Gasteiger partial charge < -0.3 is 9.64 Å². The van der Waals surface area contributed by atoms with Crippen LogP contribution in [0.4, 0.5) is 5.95 Å². The molecule has 3 rings (SSSR count). The fourth-order valence-electron chi connectivity index (χ4n) is 1.87. The summed E-state index contributed by atoms with van der Waals surface area (Å²) in [7, 11) is 0. The Morgan fingerprint density at radius 2 is 1.80 bits per heavy atom. The van der Waals surface area contributed by atoms with Crippen LogP contribution in [0, 0.1) is 0 Å². The Labute approximate surface area is 126 Å². The third kappa shape index (κ3) is 3.39. The number of benzene rings is 1. The van der Waals surface area contributed by atoms with Gasteiger partial charge in [-0.1, -0.05) is 18.2 Å². The van der Waals surface area contributed by atoms with E-state index in [1.807, 2.05) is 30.3 Å². The molecule has 0 radical (unpaired) electrons. The first-order chi connectivity index (χ1) is 9.81. The van der Waals surface area contributed by atoms with Crippen LogP contribution < -0.4 is 4.90 Å². The highest BCUT2D eigenvalue weighted by atomic mass is 35.5. The zero-order valence-electron chi connectivity index (χ0n) is 10.7. The van der Waals surface area contributed by atoms with Crippen molar-refractivity contribution >= 4 is 29.3 Å². The van der Waals surface area contributed by atoms with Gasteiger partial charge in [0.2, 0.25) is 11.2 Å². The molecule has 0 N–H and O–H groups in total. The summed E-state index contributed by atoms with van der Waals surface area (Å²) >= 11 is 7.48. The maximum atomic E-state index is 6.00. The molecule has 0 saturated carbocycles. The van der Waals surface area contributed by atoms with Crippen LogP contribution >= 0.6 is 23.4 Å². The van der Waals surface area contributed by atoms with Gasteiger partial charge in [0.1, 0.15) is 0 Å². The van der Waals surface area contributed by atoms with Gasteiger partial charge in [0.25, 0.3) is 0 Å². The van der Waals surface area contributed by atoms with Crippen molar-refractivity contribution in [2.75, 3.05) is 31.2 Å². The molecule has 1 fully saturated rings. The largest absolute Gasteiger partial charge is 0.378 e. The molecule has 7 heteroatoms. The number of halogens is 1. The quantitative estimate of drug-likeness (QED) is 0.868. The molecule has 1 saturated heterocycles. The normalized spacial score (nSPS) is 15.3. The first kappa shape index (κ1) is 13.6. The van der Waals surface area contributed by atoms with Crippen LogP contribution in [-0.4, -0.2) is 41.3 Å². The van der Waals surface area contributed by atoms with Gasteiger partial charge in [-0.25, -0.2) is 0 Å². The average Bonchev–Trinajstić information content (AvgIpc) is 2.49. The van der Waals surface area contributed by atoms with Crippen LogP contribution in [0.3, 0.4) is 0 Å². The summed E-state index contributed by atoms with van der Waals surface area (Å²) < 4.78 is 5.33. The van der Waals surface area contributed by atoms with Crippen molar-refractivity contribution in [3.8, 4) is 0 Å². The van der Waals surface area contributed by atoms with Gasteiger partial charge in [0.05, 0.1) is 13.2 Å². The van der Waals surface area contributed by atoms with Gasteiger partial charge in [-0.3, -0.25) is 0 Å². The first-order valence-corrected chi connectivity index (χ1v) is 7.48. The Kier molecular flexibility index (Phi) is 4.34. The molecule has 1 aliphatic heterocycles. The Balaban J connectivity index is 1.82. The van der Waals surface area contributed by atoms with Crippen molar-refractivity contribution in [1.29, 1.82) is 0 Å². The van der Waals surface area contributed by atoms with E-state index in [1.165, 1.54) is 11.8 Å². The molecule has 0 unspecified atom stereocenters. The van der Waals surface area contributed by atoms with Crippen molar-refractivity contribution in [2.24, 2.45) is 0 Å². The predicted molar refractivity (Wildman–Crippen MR) is 78.4 cm³/mol. The van der Waals surface area contributed by atoms with E-state index in [4.69, 9.17) is 16.3 Å². The lowest BCUT2D eigenvalue weighted by Crippen LogP contribution is -2.37. The van der Waals surface area contributed by atoms with Crippen LogP contribution in [-0.2, 0) is 4.74 Å². The van der Waals surface area contributed by atoms with Crippen LogP contribution in [0.15, 0.2) is 40.4 Å². The summed E-state index contributed by atoms with van der Waals surface area (Å²) in [5.41, 5.74) is 0. The van der Waals surface area contributed by atoms with Crippen LogP contribution in [0.1, 0.15) is 0 Å². The highest BCUT2D eigenvalue weighted by Gasteiger charge is 2.16. The molecule has 2 aromatic rings. The Hall–Kier alpha value is -1.37. The Bertz CT molecular complexity index is 578. The van der Waals surface area contributed by atoms with E-state index in [1.54, 1.807) is 0 Å². The summed E-state index contributed by atoms with van der Waals surface area (Å²) in [6, 6.07) is 9.96. The lowest BCUT2D eigenvalue weighted by Gasteiger charge is -2.26. The Morgan fingerprint density at radius 1 is 1.05 bits per heavy atom. The average molecular weight is 309 g/mol. The maximum Gasteiger partial charge on any atom is 0.230 e. The minimum absolute atomic E-state index is 0.222. The van der Waals surface area contributed by atoms with Gasteiger partial charge in [-0.15, -0.1) is 0 Å². The summed E-state index contributed by atoms with van der Waals surface area (Å²) in [6.07, 6.45) is 0. The van der Waals surface area contributed by atoms with Gasteiger partial charge in [-0.05, 0) is 35.5 Å². The molecule has 1 aliphatic rings. The minimum Gasteiger partial charge on any atom is -0.378 e. The van der Waals surface area contributed by atoms with Crippen molar-refractivity contribution in [3.05, 3.63) is 35.6 Å². The van der Waals surface area contributed by atoms with Crippen LogP contribution in [0.2, 0.25) is 5.28 Å². The lowest BCUT2D eigenvalue weighted by molar-refractivity contribution is 0.122. The van der Waals surface area contributed by atoms with E-state index >= 15 is 0 Å². The third-order valence-corrected chi connectivity index (χ3v) is 3.86. The molecule has 5 nitrogen and oxygen atoms in total. The van der Waals surface area contributed by atoms with Gasteiger partial charge >= 0.3 is 0 Å².